The first-order chi connectivity index (χ1) is 12.9. The molecule has 0 aliphatic rings. The molecule has 2 aromatic carbocycles. The van der Waals surface area contributed by atoms with Crippen LogP contribution in [0.5, 0.6) is 0 Å². The van der Waals surface area contributed by atoms with E-state index in [9.17, 15) is 14.4 Å². The maximum absolute atomic E-state index is 12.3. The van der Waals surface area contributed by atoms with E-state index in [0.717, 1.165) is 12.0 Å². The molecule has 6 nitrogen and oxygen atoms in total. The summed E-state index contributed by atoms with van der Waals surface area (Å²) >= 11 is 0. The normalized spacial score (nSPS) is 12.7. The third-order valence-corrected chi connectivity index (χ3v) is 4.34. The molecule has 0 aliphatic carbocycles. The number of nitrogens with one attached hydrogen (secondary N) is 2. The number of benzene rings is 2. The van der Waals surface area contributed by atoms with Gasteiger partial charge in [0.15, 0.2) is 0 Å². The lowest BCUT2D eigenvalue weighted by Crippen LogP contribution is -2.38. The van der Waals surface area contributed by atoms with Gasteiger partial charge in [-0.1, -0.05) is 37.3 Å². The van der Waals surface area contributed by atoms with Crippen LogP contribution in [0.15, 0.2) is 54.6 Å². The number of anilines is 1. The van der Waals surface area contributed by atoms with Crippen molar-refractivity contribution in [2.45, 2.75) is 38.6 Å². The number of hydrogen-bond acceptors (Lipinski definition) is 3. The molecule has 2 aromatic rings. The molecular formula is C21H24N2O4. The molecule has 0 bridgehead atoms. The van der Waals surface area contributed by atoms with E-state index in [1.807, 2.05) is 30.3 Å². The van der Waals surface area contributed by atoms with Gasteiger partial charge in [0, 0.05) is 17.7 Å². The van der Waals surface area contributed by atoms with Gasteiger partial charge in [-0.25, -0.2) is 0 Å². The quantitative estimate of drug-likeness (QED) is 0.665. The number of carbonyl (C=O) groups excluding carboxylic acids is 2. The van der Waals surface area contributed by atoms with Crippen LogP contribution in [-0.4, -0.2) is 28.9 Å². The first-order valence-electron chi connectivity index (χ1n) is 8.89. The Balaban J connectivity index is 1.94. The first kappa shape index (κ1) is 20.2. The lowest BCUT2D eigenvalue weighted by molar-refractivity contribution is -0.138. The fraction of sp³-hybridized carbons (Fsp3) is 0.286. The van der Waals surface area contributed by atoms with E-state index in [0.29, 0.717) is 17.7 Å². The number of amides is 2. The molecule has 0 saturated heterocycles. The molecule has 0 spiro atoms. The highest BCUT2D eigenvalue weighted by Crippen LogP contribution is 2.23. The number of rotatable bonds is 8. The van der Waals surface area contributed by atoms with E-state index in [1.54, 1.807) is 24.3 Å². The average Bonchev–Trinajstić information content (AvgIpc) is 2.67. The summed E-state index contributed by atoms with van der Waals surface area (Å²) in [6.07, 6.45) is 1.23. The zero-order valence-corrected chi connectivity index (χ0v) is 15.4. The molecule has 2 rings (SSSR count). The highest BCUT2D eigenvalue weighted by molar-refractivity contribution is 5.97. The van der Waals surface area contributed by atoms with Gasteiger partial charge in [0.1, 0.15) is 6.04 Å². The zero-order valence-electron chi connectivity index (χ0n) is 15.4. The predicted octanol–water partition coefficient (Wildman–Crippen LogP) is 3.41. The maximum atomic E-state index is 12.3. The molecule has 0 fully saturated rings. The summed E-state index contributed by atoms with van der Waals surface area (Å²) in [4.78, 5) is 35.1. The monoisotopic (exact) mass is 368 g/mol. The number of hydrogen-bond donors (Lipinski definition) is 3. The van der Waals surface area contributed by atoms with Crippen LogP contribution in [0.1, 0.15) is 48.5 Å². The van der Waals surface area contributed by atoms with Crippen molar-refractivity contribution in [2.24, 2.45) is 0 Å². The van der Waals surface area contributed by atoms with Gasteiger partial charge in [-0.15, -0.1) is 0 Å². The van der Waals surface area contributed by atoms with E-state index in [4.69, 9.17) is 5.11 Å². The fourth-order valence-electron chi connectivity index (χ4n) is 2.71. The van der Waals surface area contributed by atoms with E-state index in [1.165, 1.54) is 6.92 Å². The molecule has 6 heteroatoms. The van der Waals surface area contributed by atoms with E-state index in [-0.39, 0.29) is 11.8 Å². The Hall–Kier alpha value is -3.15. The lowest BCUT2D eigenvalue weighted by atomic mass is 9.93. The largest absolute Gasteiger partial charge is 0.480 e. The van der Waals surface area contributed by atoms with Gasteiger partial charge in [0.25, 0.3) is 5.91 Å². The Morgan fingerprint density at radius 1 is 1.00 bits per heavy atom. The van der Waals surface area contributed by atoms with Gasteiger partial charge in [0.2, 0.25) is 5.91 Å². The van der Waals surface area contributed by atoms with Gasteiger partial charge in [-0.3, -0.25) is 14.4 Å². The molecule has 0 heterocycles. The van der Waals surface area contributed by atoms with Crippen molar-refractivity contribution >= 4 is 23.5 Å². The smallest absolute Gasteiger partial charge is 0.325 e. The molecular weight excluding hydrogens is 344 g/mol. The molecule has 142 valence electrons. The summed E-state index contributed by atoms with van der Waals surface area (Å²) in [7, 11) is 0. The highest BCUT2D eigenvalue weighted by Gasteiger charge is 2.16. The summed E-state index contributed by atoms with van der Waals surface area (Å²) in [6, 6.07) is 15.3. The molecule has 2 unspecified atom stereocenters. The predicted molar refractivity (Wildman–Crippen MR) is 104 cm³/mol. The van der Waals surface area contributed by atoms with Gasteiger partial charge < -0.3 is 15.7 Å². The van der Waals surface area contributed by atoms with Crippen LogP contribution in [0.25, 0.3) is 0 Å². The Morgan fingerprint density at radius 3 is 2.19 bits per heavy atom. The number of carboxylic acid groups (broad SMARTS) is 1. The number of carboxylic acids is 1. The van der Waals surface area contributed by atoms with Crippen molar-refractivity contribution in [3.8, 4) is 0 Å². The second kappa shape index (κ2) is 9.52. The van der Waals surface area contributed by atoms with Gasteiger partial charge in [0.05, 0.1) is 0 Å². The highest BCUT2D eigenvalue weighted by atomic mass is 16.4. The summed E-state index contributed by atoms with van der Waals surface area (Å²) in [6.45, 7) is 3.45. The van der Waals surface area contributed by atoms with E-state index >= 15 is 0 Å². The van der Waals surface area contributed by atoms with Crippen LogP contribution in [0.3, 0.4) is 0 Å². The number of carbonyl (C=O) groups is 3. The summed E-state index contributed by atoms with van der Waals surface area (Å²) in [5.41, 5.74) is 2.05. The first-order valence-corrected chi connectivity index (χ1v) is 8.89. The molecule has 0 aromatic heterocycles. The van der Waals surface area contributed by atoms with Gasteiger partial charge in [-0.2, -0.15) is 0 Å². The summed E-state index contributed by atoms with van der Waals surface area (Å²) in [5, 5.41) is 14.1. The average molecular weight is 368 g/mol. The zero-order chi connectivity index (χ0) is 19.8. The Kier molecular flexibility index (Phi) is 7.11. The minimum Gasteiger partial charge on any atom is -0.480 e. The van der Waals surface area contributed by atoms with Crippen molar-refractivity contribution in [3.63, 3.8) is 0 Å². The second-order valence-corrected chi connectivity index (χ2v) is 6.38. The van der Waals surface area contributed by atoms with Crippen LogP contribution in [0.4, 0.5) is 5.69 Å². The van der Waals surface area contributed by atoms with Crippen LogP contribution in [-0.2, 0) is 9.59 Å². The van der Waals surface area contributed by atoms with E-state index in [2.05, 4.69) is 17.6 Å². The SMILES string of the molecule is CCC(CC(=O)Nc1ccc(C(=O)NC(C)C(=O)O)cc1)c1ccccc1. The Morgan fingerprint density at radius 2 is 1.63 bits per heavy atom. The second-order valence-electron chi connectivity index (χ2n) is 6.38. The number of aliphatic carboxylic acids is 1. The summed E-state index contributed by atoms with van der Waals surface area (Å²) in [5.74, 6) is -1.52. The minimum absolute atomic E-state index is 0.0950. The van der Waals surface area contributed by atoms with Crippen molar-refractivity contribution in [1.82, 2.24) is 5.32 Å². The molecule has 27 heavy (non-hydrogen) atoms. The standard InChI is InChI=1S/C21H24N2O4/c1-3-15(16-7-5-4-6-8-16)13-19(24)23-18-11-9-17(10-12-18)20(25)22-14(2)21(26)27/h4-12,14-15H,3,13H2,1-2H3,(H,22,25)(H,23,24)(H,26,27). The molecule has 0 aliphatic heterocycles. The van der Waals surface area contributed by atoms with Crippen molar-refractivity contribution in [2.75, 3.05) is 5.32 Å². The van der Waals surface area contributed by atoms with Gasteiger partial charge in [-0.05, 0) is 49.1 Å². The van der Waals surface area contributed by atoms with Crippen LogP contribution >= 0.6 is 0 Å². The van der Waals surface area contributed by atoms with Crippen molar-refractivity contribution in [3.05, 3.63) is 65.7 Å². The fourth-order valence-corrected chi connectivity index (χ4v) is 2.71. The molecule has 0 radical (unpaired) electrons. The van der Waals surface area contributed by atoms with Crippen LogP contribution in [0, 0.1) is 0 Å². The van der Waals surface area contributed by atoms with Crippen LogP contribution in [0.2, 0.25) is 0 Å². The molecule has 0 saturated carbocycles. The summed E-state index contributed by atoms with van der Waals surface area (Å²) < 4.78 is 0. The third kappa shape index (κ3) is 5.95. The Bertz CT molecular complexity index is 788. The van der Waals surface area contributed by atoms with Gasteiger partial charge >= 0.3 is 5.97 Å². The Labute approximate surface area is 158 Å². The lowest BCUT2D eigenvalue weighted by Gasteiger charge is -2.15. The minimum atomic E-state index is -1.10. The molecule has 2 atom stereocenters. The third-order valence-electron chi connectivity index (χ3n) is 4.34. The van der Waals surface area contributed by atoms with Crippen molar-refractivity contribution in [1.29, 1.82) is 0 Å². The molecule has 2 amide bonds. The van der Waals surface area contributed by atoms with E-state index < -0.39 is 17.9 Å². The van der Waals surface area contributed by atoms with Crippen LogP contribution < -0.4 is 10.6 Å². The maximum Gasteiger partial charge on any atom is 0.325 e. The topological polar surface area (TPSA) is 95.5 Å². The molecule has 3 N–H and O–H groups in total. The van der Waals surface area contributed by atoms with Crippen molar-refractivity contribution < 1.29 is 19.5 Å².